The van der Waals surface area contributed by atoms with Crippen LogP contribution in [0.3, 0.4) is 0 Å². The van der Waals surface area contributed by atoms with Crippen molar-refractivity contribution in [3.05, 3.63) is 42.1 Å². The van der Waals surface area contributed by atoms with E-state index in [1.807, 2.05) is 30.3 Å². The molecule has 1 heterocycles. The summed E-state index contributed by atoms with van der Waals surface area (Å²) in [6.45, 7) is 1.67. The van der Waals surface area contributed by atoms with Crippen LogP contribution in [0.4, 0.5) is 0 Å². The lowest BCUT2D eigenvalue weighted by molar-refractivity contribution is -0.120. The molecule has 1 unspecified atom stereocenters. The zero-order chi connectivity index (χ0) is 15.5. The first-order valence-corrected chi connectivity index (χ1v) is 8.38. The van der Waals surface area contributed by atoms with E-state index in [0.717, 1.165) is 23.1 Å². The van der Waals surface area contributed by atoms with Crippen LogP contribution in [0.25, 0.3) is 11.3 Å². The molecule has 0 bridgehead atoms. The van der Waals surface area contributed by atoms with E-state index in [2.05, 4.69) is 15.5 Å². The van der Waals surface area contributed by atoms with Crippen molar-refractivity contribution in [3.63, 3.8) is 0 Å². The largest absolute Gasteiger partial charge is 0.351 e. The summed E-state index contributed by atoms with van der Waals surface area (Å²) in [5.41, 5.74) is 2.80. The minimum absolute atomic E-state index is 0.294. The second kappa shape index (κ2) is 6.09. The Bertz CT molecular complexity index is 706. The number of hydrogen-bond acceptors (Lipinski definition) is 4. The lowest BCUT2D eigenvalue weighted by Crippen LogP contribution is -2.36. The molecule has 0 spiro atoms. The van der Waals surface area contributed by atoms with E-state index in [0.29, 0.717) is 6.54 Å². The number of H-pyrrole nitrogens is 1. The van der Waals surface area contributed by atoms with Gasteiger partial charge in [-0.15, -0.1) is 0 Å². The summed E-state index contributed by atoms with van der Waals surface area (Å²) in [5.74, 6) is -0.491. The number of sulfone groups is 1. The first kappa shape index (κ1) is 15.2. The van der Waals surface area contributed by atoms with Crippen molar-refractivity contribution in [2.75, 3.05) is 6.26 Å². The van der Waals surface area contributed by atoms with E-state index in [1.54, 1.807) is 6.20 Å². The maximum absolute atomic E-state index is 11.7. The molecule has 2 aromatic rings. The topological polar surface area (TPSA) is 91.9 Å². The molecule has 112 valence electrons. The Morgan fingerprint density at radius 3 is 2.48 bits per heavy atom. The molecule has 0 radical (unpaired) electrons. The van der Waals surface area contributed by atoms with E-state index in [4.69, 9.17) is 0 Å². The minimum atomic E-state index is -3.37. The summed E-state index contributed by atoms with van der Waals surface area (Å²) < 4.78 is 22.6. The summed E-state index contributed by atoms with van der Waals surface area (Å²) in [7, 11) is -3.37. The van der Waals surface area contributed by atoms with Crippen LogP contribution in [0.2, 0.25) is 0 Å². The second-order valence-electron chi connectivity index (χ2n) is 4.86. The minimum Gasteiger partial charge on any atom is -0.351 e. The van der Waals surface area contributed by atoms with Crippen LogP contribution in [0.5, 0.6) is 0 Å². The van der Waals surface area contributed by atoms with Crippen LogP contribution in [0.15, 0.2) is 36.5 Å². The van der Waals surface area contributed by atoms with Gasteiger partial charge in [0.05, 0.1) is 5.69 Å². The number of nitrogens with one attached hydrogen (secondary N) is 2. The van der Waals surface area contributed by atoms with Gasteiger partial charge in [0.25, 0.3) is 0 Å². The van der Waals surface area contributed by atoms with Crippen molar-refractivity contribution >= 4 is 15.7 Å². The van der Waals surface area contributed by atoms with E-state index >= 15 is 0 Å². The van der Waals surface area contributed by atoms with Gasteiger partial charge in [0.2, 0.25) is 5.91 Å². The lowest BCUT2D eigenvalue weighted by atomic mass is 10.1. The second-order valence-corrected chi connectivity index (χ2v) is 7.22. The van der Waals surface area contributed by atoms with E-state index in [1.165, 1.54) is 6.92 Å². The van der Waals surface area contributed by atoms with Crippen molar-refractivity contribution in [1.29, 1.82) is 0 Å². The normalized spacial score (nSPS) is 12.9. The van der Waals surface area contributed by atoms with Crippen molar-refractivity contribution in [2.24, 2.45) is 0 Å². The molecule has 0 saturated carbocycles. The number of rotatable bonds is 5. The van der Waals surface area contributed by atoms with Gasteiger partial charge in [0.15, 0.2) is 9.84 Å². The third kappa shape index (κ3) is 3.91. The third-order valence-corrected chi connectivity index (χ3v) is 4.74. The Kier molecular flexibility index (Phi) is 4.42. The van der Waals surface area contributed by atoms with Gasteiger partial charge in [-0.25, -0.2) is 8.42 Å². The number of carbonyl (C=O) groups excluding carboxylic acids is 1. The molecule has 0 aliphatic rings. The monoisotopic (exact) mass is 307 g/mol. The molecule has 1 amide bonds. The van der Waals surface area contributed by atoms with Gasteiger partial charge in [-0.1, -0.05) is 24.3 Å². The van der Waals surface area contributed by atoms with Gasteiger partial charge in [-0.3, -0.25) is 9.89 Å². The predicted molar refractivity (Wildman–Crippen MR) is 80.2 cm³/mol. The number of carbonyl (C=O) groups is 1. The molecule has 1 atom stereocenters. The average Bonchev–Trinajstić information content (AvgIpc) is 2.97. The summed E-state index contributed by atoms with van der Waals surface area (Å²) in [6, 6.07) is 9.44. The highest BCUT2D eigenvalue weighted by molar-refractivity contribution is 7.92. The Morgan fingerprint density at radius 2 is 1.95 bits per heavy atom. The molecular formula is C14H17N3O3S. The van der Waals surface area contributed by atoms with Crippen molar-refractivity contribution in [3.8, 4) is 11.3 Å². The van der Waals surface area contributed by atoms with Crippen LogP contribution >= 0.6 is 0 Å². The Balaban J connectivity index is 1.97. The maximum atomic E-state index is 11.7. The number of aromatic nitrogens is 2. The Morgan fingerprint density at radius 1 is 1.29 bits per heavy atom. The fourth-order valence-electron chi connectivity index (χ4n) is 1.75. The van der Waals surface area contributed by atoms with Gasteiger partial charge in [0.1, 0.15) is 5.25 Å². The highest BCUT2D eigenvalue weighted by Crippen LogP contribution is 2.16. The molecule has 0 aliphatic heterocycles. The summed E-state index contributed by atoms with van der Waals surface area (Å²) in [6.07, 6.45) is 2.73. The fraction of sp³-hybridized carbons (Fsp3) is 0.286. The SMILES string of the molecule is CC(C(=O)NCc1ccc(-c2ccn[nH]2)cc1)S(C)(=O)=O. The molecular weight excluding hydrogens is 290 g/mol. The zero-order valence-electron chi connectivity index (χ0n) is 11.8. The molecule has 6 nitrogen and oxygen atoms in total. The summed E-state index contributed by atoms with van der Waals surface area (Å²) in [4.78, 5) is 11.7. The average molecular weight is 307 g/mol. The maximum Gasteiger partial charge on any atom is 0.238 e. The number of hydrogen-bond donors (Lipinski definition) is 2. The van der Waals surface area contributed by atoms with Crippen LogP contribution in [-0.2, 0) is 21.2 Å². The van der Waals surface area contributed by atoms with Gasteiger partial charge < -0.3 is 5.32 Å². The smallest absolute Gasteiger partial charge is 0.238 e. The van der Waals surface area contributed by atoms with E-state index < -0.39 is 21.0 Å². The molecule has 2 N–H and O–H groups in total. The van der Waals surface area contributed by atoms with Crippen LogP contribution in [0.1, 0.15) is 12.5 Å². The standard InChI is InChI=1S/C14H17N3O3S/c1-10(21(2,19)20)14(18)15-9-11-3-5-12(6-4-11)13-7-8-16-17-13/h3-8,10H,9H2,1-2H3,(H,15,18)(H,16,17). The zero-order valence-corrected chi connectivity index (χ0v) is 12.6. The Labute approximate surface area is 123 Å². The highest BCUT2D eigenvalue weighted by Gasteiger charge is 2.22. The fourth-order valence-corrected chi connectivity index (χ4v) is 2.22. The first-order chi connectivity index (χ1) is 9.88. The van der Waals surface area contributed by atoms with E-state index in [-0.39, 0.29) is 0 Å². The van der Waals surface area contributed by atoms with Gasteiger partial charge in [-0.05, 0) is 24.1 Å². The quantitative estimate of drug-likeness (QED) is 0.866. The molecule has 1 aromatic carbocycles. The summed E-state index contributed by atoms with van der Waals surface area (Å²) in [5, 5.41) is 8.33. The number of aromatic amines is 1. The van der Waals surface area contributed by atoms with Crippen LogP contribution in [0, 0.1) is 0 Å². The number of benzene rings is 1. The van der Waals surface area contributed by atoms with Crippen molar-refractivity contribution < 1.29 is 13.2 Å². The van der Waals surface area contributed by atoms with Crippen LogP contribution < -0.4 is 5.32 Å². The van der Waals surface area contributed by atoms with Crippen molar-refractivity contribution in [2.45, 2.75) is 18.7 Å². The first-order valence-electron chi connectivity index (χ1n) is 6.43. The Hall–Kier alpha value is -2.15. The summed E-state index contributed by atoms with van der Waals surface area (Å²) >= 11 is 0. The molecule has 1 aromatic heterocycles. The van der Waals surface area contributed by atoms with Gasteiger partial charge in [0, 0.05) is 19.0 Å². The molecule has 0 aliphatic carbocycles. The predicted octanol–water partition coefficient (Wildman–Crippen LogP) is 1.13. The molecule has 0 saturated heterocycles. The highest BCUT2D eigenvalue weighted by atomic mass is 32.2. The third-order valence-electron chi connectivity index (χ3n) is 3.24. The van der Waals surface area contributed by atoms with Gasteiger partial charge in [-0.2, -0.15) is 5.10 Å². The van der Waals surface area contributed by atoms with Crippen LogP contribution in [-0.4, -0.2) is 36.0 Å². The molecule has 0 fully saturated rings. The molecule has 21 heavy (non-hydrogen) atoms. The molecule has 7 heteroatoms. The number of nitrogens with zero attached hydrogens (tertiary/aromatic N) is 1. The van der Waals surface area contributed by atoms with E-state index in [9.17, 15) is 13.2 Å². The van der Waals surface area contributed by atoms with Gasteiger partial charge >= 0.3 is 0 Å². The lowest BCUT2D eigenvalue weighted by Gasteiger charge is -2.10. The number of amides is 1. The van der Waals surface area contributed by atoms with Crippen molar-refractivity contribution in [1.82, 2.24) is 15.5 Å². The molecule has 2 rings (SSSR count).